The minimum absolute atomic E-state index is 0.0871. The van der Waals surface area contributed by atoms with E-state index in [-0.39, 0.29) is 11.5 Å². The second-order valence-corrected chi connectivity index (χ2v) is 6.41. The zero-order chi connectivity index (χ0) is 19.2. The molecule has 27 heavy (non-hydrogen) atoms. The number of ether oxygens (including phenoxy) is 1. The molecule has 3 aromatic rings. The highest BCUT2D eigenvalue weighted by Crippen LogP contribution is 2.16. The third kappa shape index (κ3) is 4.08. The van der Waals surface area contributed by atoms with Gasteiger partial charge in [0.15, 0.2) is 0 Å². The van der Waals surface area contributed by atoms with Crippen LogP contribution in [0.2, 0.25) is 0 Å². The van der Waals surface area contributed by atoms with Crippen LogP contribution in [0.5, 0.6) is 0 Å². The van der Waals surface area contributed by atoms with Crippen LogP contribution in [0.3, 0.4) is 0 Å². The lowest BCUT2D eigenvalue weighted by atomic mass is 10.1. The first-order valence-electron chi connectivity index (χ1n) is 9.44. The van der Waals surface area contributed by atoms with Gasteiger partial charge in [-0.15, -0.1) is 0 Å². The van der Waals surface area contributed by atoms with Crippen molar-refractivity contribution in [1.82, 2.24) is 9.55 Å². The first kappa shape index (κ1) is 18.8. The van der Waals surface area contributed by atoms with Crippen molar-refractivity contribution in [1.29, 1.82) is 0 Å². The Kier molecular flexibility index (Phi) is 6.01. The first-order chi connectivity index (χ1) is 13.2. The van der Waals surface area contributed by atoms with Crippen LogP contribution in [0.4, 0.5) is 0 Å². The fraction of sp³-hybridized carbons (Fsp3) is 0.318. The summed E-state index contributed by atoms with van der Waals surface area (Å²) in [4.78, 5) is 29.8. The highest BCUT2D eigenvalue weighted by molar-refractivity contribution is 5.89. The van der Waals surface area contributed by atoms with Crippen LogP contribution in [0.1, 0.15) is 49.3 Å². The van der Waals surface area contributed by atoms with Crippen LogP contribution >= 0.6 is 0 Å². The van der Waals surface area contributed by atoms with Gasteiger partial charge in [0, 0.05) is 6.42 Å². The minimum Gasteiger partial charge on any atom is -0.462 e. The highest BCUT2D eigenvalue weighted by atomic mass is 16.5. The van der Waals surface area contributed by atoms with Crippen LogP contribution < -0.4 is 5.56 Å². The van der Waals surface area contributed by atoms with E-state index in [0.717, 1.165) is 31.5 Å². The van der Waals surface area contributed by atoms with Crippen molar-refractivity contribution in [2.24, 2.45) is 0 Å². The number of aryl methyl sites for hydroxylation is 1. The average molecular weight is 364 g/mol. The number of aromatic nitrogens is 2. The molecule has 3 rings (SSSR count). The predicted molar refractivity (Wildman–Crippen MR) is 107 cm³/mol. The predicted octanol–water partition coefficient (Wildman–Crippen LogP) is 4.30. The van der Waals surface area contributed by atoms with E-state index in [2.05, 4.69) is 6.92 Å². The van der Waals surface area contributed by atoms with Crippen molar-refractivity contribution in [3.63, 3.8) is 0 Å². The van der Waals surface area contributed by atoms with E-state index in [9.17, 15) is 9.59 Å². The second kappa shape index (κ2) is 8.62. The Labute approximate surface area is 158 Å². The molecule has 1 heterocycles. The monoisotopic (exact) mass is 364 g/mol. The lowest BCUT2D eigenvalue weighted by molar-refractivity contribution is 0.0526. The highest BCUT2D eigenvalue weighted by Gasteiger charge is 2.13. The number of para-hydroxylation sites is 1. The number of rotatable bonds is 7. The van der Waals surface area contributed by atoms with Crippen molar-refractivity contribution in [3.05, 3.63) is 70.3 Å². The summed E-state index contributed by atoms with van der Waals surface area (Å²) in [5, 5.41) is 0.589. The fourth-order valence-electron chi connectivity index (χ4n) is 3.11. The second-order valence-electron chi connectivity index (χ2n) is 6.41. The summed E-state index contributed by atoms with van der Waals surface area (Å²) in [6.45, 7) is 4.25. The van der Waals surface area contributed by atoms with E-state index in [4.69, 9.17) is 9.72 Å². The van der Waals surface area contributed by atoms with Gasteiger partial charge >= 0.3 is 5.97 Å². The lowest BCUT2D eigenvalue weighted by Gasteiger charge is -2.14. The number of hydrogen-bond acceptors (Lipinski definition) is 4. The smallest absolute Gasteiger partial charge is 0.338 e. The molecule has 2 aromatic carbocycles. The van der Waals surface area contributed by atoms with Crippen LogP contribution in [0.15, 0.2) is 53.3 Å². The molecule has 0 atom stereocenters. The average Bonchev–Trinajstić information content (AvgIpc) is 2.69. The molecule has 0 fully saturated rings. The number of carbonyl (C=O) groups is 1. The minimum atomic E-state index is -0.365. The van der Waals surface area contributed by atoms with Crippen molar-refractivity contribution in [3.8, 4) is 5.69 Å². The molecule has 140 valence electrons. The summed E-state index contributed by atoms with van der Waals surface area (Å²) in [5.41, 5.74) is 1.80. The quantitative estimate of drug-likeness (QED) is 0.463. The molecule has 0 saturated heterocycles. The standard InChI is InChI=1S/C22H24N2O3/c1-3-5-6-11-20-23-19-10-8-7-9-18(19)21(25)24(20)17-14-12-16(13-15-17)22(26)27-4-2/h7-10,12-15H,3-6,11H2,1-2H3. The summed E-state index contributed by atoms with van der Waals surface area (Å²) in [6, 6.07) is 14.3. The van der Waals surface area contributed by atoms with Crippen molar-refractivity contribution in [2.45, 2.75) is 39.5 Å². The first-order valence-corrected chi connectivity index (χ1v) is 9.44. The molecule has 5 nitrogen and oxygen atoms in total. The molecular weight excluding hydrogens is 340 g/mol. The van der Waals surface area contributed by atoms with Gasteiger partial charge in [-0.1, -0.05) is 31.9 Å². The number of unbranched alkanes of at least 4 members (excludes halogenated alkanes) is 2. The summed E-state index contributed by atoms with van der Waals surface area (Å²) in [5.74, 6) is 0.382. The molecule has 0 saturated carbocycles. The Morgan fingerprint density at radius 2 is 1.78 bits per heavy atom. The van der Waals surface area contributed by atoms with Gasteiger partial charge in [0.25, 0.3) is 5.56 Å². The van der Waals surface area contributed by atoms with Crippen molar-refractivity contribution < 1.29 is 9.53 Å². The maximum atomic E-state index is 13.1. The van der Waals surface area contributed by atoms with Gasteiger partial charge in [0.1, 0.15) is 5.82 Å². The van der Waals surface area contributed by atoms with Gasteiger partial charge in [-0.2, -0.15) is 0 Å². The van der Waals surface area contributed by atoms with Gasteiger partial charge in [0.2, 0.25) is 0 Å². The molecule has 0 radical (unpaired) electrons. The van der Waals surface area contributed by atoms with Gasteiger partial charge in [0.05, 0.1) is 28.8 Å². The Balaban J connectivity index is 2.08. The number of benzene rings is 2. The van der Waals surface area contributed by atoms with Gasteiger partial charge in [-0.3, -0.25) is 9.36 Å². The number of nitrogens with zero attached hydrogens (tertiary/aromatic N) is 2. The molecule has 0 spiro atoms. The SMILES string of the molecule is CCCCCc1nc2ccccc2c(=O)n1-c1ccc(C(=O)OCC)cc1. The van der Waals surface area contributed by atoms with Gasteiger partial charge in [-0.05, 0) is 49.7 Å². The number of hydrogen-bond donors (Lipinski definition) is 0. The van der Waals surface area contributed by atoms with Crippen molar-refractivity contribution >= 4 is 16.9 Å². The largest absolute Gasteiger partial charge is 0.462 e. The van der Waals surface area contributed by atoms with Crippen LogP contribution in [0, 0.1) is 0 Å². The van der Waals surface area contributed by atoms with E-state index in [1.54, 1.807) is 41.8 Å². The Morgan fingerprint density at radius 1 is 1.04 bits per heavy atom. The topological polar surface area (TPSA) is 61.2 Å². The third-order valence-corrected chi connectivity index (χ3v) is 4.49. The summed E-state index contributed by atoms with van der Waals surface area (Å²) in [7, 11) is 0. The molecule has 1 aromatic heterocycles. The molecule has 0 unspecified atom stereocenters. The third-order valence-electron chi connectivity index (χ3n) is 4.49. The molecule has 0 N–H and O–H groups in total. The number of esters is 1. The van der Waals surface area contributed by atoms with Crippen LogP contribution in [-0.2, 0) is 11.2 Å². The molecule has 0 aliphatic heterocycles. The van der Waals surface area contributed by atoms with E-state index < -0.39 is 0 Å². The molecule has 5 heteroatoms. The molecule has 0 bridgehead atoms. The Morgan fingerprint density at radius 3 is 2.48 bits per heavy atom. The zero-order valence-electron chi connectivity index (χ0n) is 15.8. The molecule has 0 amide bonds. The maximum absolute atomic E-state index is 13.1. The summed E-state index contributed by atoms with van der Waals surface area (Å²) < 4.78 is 6.68. The van der Waals surface area contributed by atoms with Crippen molar-refractivity contribution in [2.75, 3.05) is 6.61 Å². The number of carbonyl (C=O) groups excluding carboxylic acids is 1. The zero-order valence-corrected chi connectivity index (χ0v) is 15.8. The normalized spacial score (nSPS) is 10.9. The maximum Gasteiger partial charge on any atom is 0.338 e. The lowest BCUT2D eigenvalue weighted by Crippen LogP contribution is -2.24. The van der Waals surface area contributed by atoms with Crippen LogP contribution in [-0.4, -0.2) is 22.1 Å². The summed E-state index contributed by atoms with van der Waals surface area (Å²) in [6.07, 6.45) is 3.90. The molecule has 0 aliphatic carbocycles. The number of fused-ring (bicyclic) bond motifs is 1. The van der Waals surface area contributed by atoms with E-state index in [0.29, 0.717) is 28.8 Å². The van der Waals surface area contributed by atoms with Gasteiger partial charge < -0.3 is 4.74 Å². The Hall–Kier alpha value is -2.95. The fourth-order valence-corrected chi connectivity index (χ4v) is 3.11. The van der Waals surface area contributed by atoms with E-state index in [1.807, 2.05) is 18.2 Å². The van der Waals surface area contributed by atoms with E-state index in [1.165, 1.54) is 0 Å². The van der Waals surface area contributed by atoms with E-state index >= 15 is 0 Å². The van der Waals surface area contributed by atoms with Crippen LogP contribution in [0.25, 0.3) is 16.6 Å². The summed E-state index contributed by atoms with van der Waals surface area (Å²) >= 11 is 0. The van der Waals surface area contributed by atoms with Gasteiger partial charge in [-0.25, -0.2) is 9.78 Å². The Bertz CT molecular complexity index is 991. The molecular formula is C22H24N2O3. The molecule has 0 aliphatic rings.